The van der Waals surface area contributed by atoms with E-state index in [0.717, 1.165) is 12.8 Å². The van der Waals surface area contributed by atoms with Gasteiger partial charge in [0.15, 0.2) is 0 Å². The first-order chi connectivity index (χ1) is 7.93. The van der Waals surface area contributed by atoms with E-state index in [4.69, 9.17) is 9.47 Å². The maximum absolute atomic E-state index is 10.2. The Morgan fingerprint density at radius 1 is 1.53 bits per heavy atom. The first-order valence-electron chi connectivity index (χ1n) is 6.06. The van der Waals surface area contributed by atoms with Crippen LogP contribution in [0.3, 0.4) is 0 Å². The van der Waals surface area contributed by atoms with Crippen LogP contribution >= 0.6 is 0 Å². The largest absolute Gasteiger partial charge is 0.396 e. The van der Waals surface area contributed by atoms with Crippen molar-refractivity contribution in [3.8, 4) is 0 Å². The van der Waals surface area contributed by atoms with Gasteiger partial charge in [0.1, 0.15) is 6.10 Å². The molecule has 0 amide bonds. The monoisotopic (exact) mass is 244 g/mol. The van der Waals surface area contributed by atoms with E-state index in [9.17, 15) is 10.2 Å². The summed E-state index contributed by atoms with van der Waals surface area (Å²) in [5.41, 5.74) is -0.666. The molecule has 1 rings (SSSR count). The summed E-state index contributed by atoms with van der Waals surface area (Å²) >= 11 is 0. The summed E-state index contributed by atoms with van der Waals surface area (Å²) in [5.74, 6) is -1.15. The lowest BCUT2D eigenvalue weighted by atomic mass is 9.77. The number of ether oxygens (including phenoxy) is 2. The molecule has 1 aliphatic heterocycles. The molecular weight excluding hydrogens is 220 g/mol. The number of hydrogen-bond acceptors (Lipinski definition) is 4. The van der Waals surface area contributed by atoms with Gasteiger partial charge in [0.05, 0.1) is 12.7 Å². The molecule has 0 saturated carbocycles. The minimum Gasteiger partial charge on any atom is -0.396 e. The highest BCUT2D eigenvalue weighted by atomic mass is 16.7. The Morgan fingerprint density at radius 3 is 2.65 bits per heavy atom. The normalized spacial score (nSPS) is 34.6. The minimum atomic E-state index is -1.15. The molecule has 0 aromatic heterocycles. The number of methoxy groups -OCH3 is 1. The molecule has 0 aliphatic carbocycles. The molecule has 0 aromatic rings. The maximum atomic E-state index is 10.2. The molecule has 0 spiro atoms. The molecule has 17 heavy (non-hydrogen) atoms. The fourth-order valence-electron chi connectivity index (χ4n) is 2.45. The lowest BCUT2D eigenvalue weighted by Gasteiger charge is -2.51. The Bertz CT molecular complexity index is 264. The van der Waals surface area contributed by atoms with E-state index >= 15 is 0 Å². The fraction of sp³-hybridized carbons (Fsp3) is 0.846. The molecule has 1 saturated heterocycles. The van der Waals surface area contributed by atoms with Crippen molar-refractivity contribution in [2.75, 3.05) is 13.7 Å². The second-order valence-electron chi connectivity index (χ2n) is 5.27. The third kappa shape index (κ3) is 2.55. The zero-order chi connectivity index (χ0) is 13.1. The summed E-state index contributed by atoms with van der Waals surface area (Å²) in [6.45, 7) is 7.24. The van der Waals surface area contributed by atoms with Crippen molar-refractivity contribution in [1.29, 1.82) is 0 Å². The Kier molecular flexibility index (Phi) is 4.72. The van der Waals surface area contributed by atoms with Crippen molar-refractivity contribution < 1.29 is 19.7 Å². The van der Waals surface area contributed by atoms with Gasteiger partial charge in [-0.1, -0.05) is 19.9 Å². The van der Waals surface area contributed by atoms with Gasteiger partial charge in [-0.2, -0.15) is 0 Å². The SMILES string of the molecule is C=CCC1CCC(O)C(OC)(C(C)(C)CO)O1. The number of aliphatic hydroxyl groups is 2. The molecule has 0 aromatic carbocycles. The molecule has 2 N–H and O–H groups in total. The Labute approximate surface area is 103 Å². The van der Waals surface area contributed by atoms with Crippen molar-refractivity contribution in [1.82, 2.24) is 0 Å². The van der Waals surface area contributed by atoms with Crippen LogP contribution in [0.2, 0.25) is 0 Å². The third-order valence-electron chi connectivity index (χ3n) is 3.61. The predicted molar refractivity (Wildman–Crippen MR) is 65.5 cm³/mol. The summed E-state index contributed by atoms with van der Waals surface area (Å²) in [5, 5.41) is 19.7. The molecule has 4 nitrogen and oxygen atoms in total. The van der Waals surface area contributed by atoms with Crippen LogP contribution in [0, 0.1) is 5.41 Å². The molecule has 1 heterocycles. The summed E-state index contributed by atoms with van der Waals surface area (Å²) in [6, 6.07) is 0. The van der Waals surface area contributed by atoms with E-state index in [2.05, 4.69) is 6.58 Å². The highest BCUT2D eigenvalue weighted by Gasteiger charge is 2.55. The van der Waals surface area contributed by atoms with Gasteiger partial charge in [-0.25, -0.2) is 0 Å². The van der Waals surface area contributed by atoms with Gasteiger partial charge in [-0.3, -0.25) is 0 Å². The smallest absolute Gasteiger partial charge is 0.201 e. The van der Waals surface area contributed by atoms with E-state index in [0.29, 0.717) is 6.42 Å². The molecule has 4 heteroatoms. The summed E-state index contributed by atoms with van der Waals surface area (Å²) in [7, 11) is 1.51. The van der Waals surface area contributed by atoms with E-state index < -0.39 is 17.3 Å². The van der Waals surface area contributed by atoms with Gasteiger partial charge in [0.2, 0.25) is 5.79 Å². The average Bonchev–Trinajstić information content (AvgIpc) is 2.31. The zero-order valence-corrected chi connectivity index (χ0v) is 11.0. The maximum Gasteiger partial charge on any atom is 0.201 e. The van der Waals surface area contributed by atoms with Crippen LogP contribution in [0.1, 0.15) is 33.1 Å². The molecule has 1 fully saturated rings. The van der Waals surface area contributed by atoms with Crippen molar-refractivity contribution in [2.45, 2.75) is 51.1 Å². The topological polar surface area (TPSA) is 58.9 Å². The Morgan fingerprint density at radius 2 is 2.18 bits per heavy atom. The quantitative estimate of drug-likeness (QED) is 0.719. The molecule has 0 radical (unpaired) electrons. The van der Waals surface area contributed by atoms with Crippen LogP contribution < -0.4 is 0 Å². The van der Waals surface area contributed by atoms with Crippen LogP contribution in [0.4, 0.5) is 0 Å². The van der Waals surface area contributed by atoms with Crippen molar-refractivity contribution in [2.24, 2.45) is 5.41 Å². The van der Waals surface area contributed by atoms with Crippen LogP contribution in [-0.4, -0.2) is 41.9 Å². The lowest BCUT2D eigenvalue weighted by molar-refractivity contribution is -0.359. The average molecular weight is 244 g/mol. The first-order valence-corrected chi connectivity index (χ1v) is 6.06. The molecular formula is C13H24O4. The van der Waals surface area contributed by atoms with Gasteiger partial charge in [-0.15, -0.1) is 6.58 Å². The van der Waals surface area contributed by atoms with Gasteiger partial charge in [0, 0.05) is 12.5 Å². The summed E-state index contributed by atoms with van der Waals surface area (Å²) in [6.07, 6.45) is 3.17. The van der Waals surface area contributed by atoms with Gasteiger partial charge in [0.25, 0.3) is 0 Å². The molecule has 0 bridgehead atoms. The second kappa shape index (κ2) is 5.48. The Hall–Kier alpha value is -0.420. The molecule has 3 atom stereocenters. The third-order valence-corrected chi connectivity index (χ3v) is 3.61. The van der Waals surface area contributed by atoms with Gasteiger partial charge >= 0.3 is 0 Å². The second-order valence-corrected chi connectivity index (χ2v) is 5.27. The van der Waals surface area contributed by atoms with Crippen LogP contribution in [0.25, 0.3) is 0 Å². The summed E-state index contributed by atoms with van der Waals surface area (Å²) < 4.78 is 11.4. The highest BCUT2D eigenvalue weighted by Crippen LogP contribution is 2.43. The lowest BCUT2D eigenvalue weighted by Crippen LogP contribution is -2.62. The number of aliphatic hydroxyl groups excluding tert-OH is 2. The predicted octanol–water partition coefficient (Wildman–Crippen LogP) is 1.46. The van der Waals surface area contributed by atoms with E-state index in [1.165, 1.54) is 7.11 Å². The van der Waals surface area contributed by atoms with E-state index in [-0.39, 0.29) is 12.7 Å². The van der Waals surface area contributed by atoms with Crippen molar-refractivity contribution >= 4 is 0 Å². The fourth-order valence-corrected chi connectivity index (χ4v) is 2.45. The summed E-state index contributed by atoms with van der Waals surface area (Å²) in [4.78, 5) is 0. The van der Waals surface area contributed by atoms with Crippen LogP contribution in [0.5, 0.6) is 0 Å². The molecule has 3 unspecified atom stereocenters. The standard InChI is InChI=1S/C13H24O4/c1-5-6-10-7-8-11(15)13(16-4,17-10)12(2,3)9-14/h5,10-11,14-15H,1,6-9H2,2-4H3. The van der Waals surface area contributed by atoms with Crippen LogP contribution in [-0.2, 0) is 9.47 Å². The zero-order valence-electron chi connectivity index (χ0n) is 11.0. The van der Waals surface area contributed by atoms with E-state index in [1.807, 2.05) is 13.8 Å². The number of hydrogen-bond donors (Lipinski definition) is 2. The van der Waals surface area contributed by atoms with Crippen molar-refractivity contribution in [3.05, 3.63) is 12.7 Å². The minimum absolute atomic E-state index is 0.0123. The van der Waals surface area contributed by atoms with E-state index in [1.54, 1.807) is 6.08 Å². The first kappa shape index (κ1) is 14.6. The molecule has 1 aliphatic rings. The Balaban J connectivity index is 2.97. The highest BCUT2D eigenvalue weighted by molar-refractivity contribution is 4.97. The van der Waals surface area contributed by atoms with Crippen LogP contribution in [0.15, 0.2) is 12.7 Å². The number of rotatable bonds is 5. The molecule has 100 valence electrons. The van der Waals surface area contributed by atoms with Crippen molar-refractivity contribution in [3.63, 3.8) is 0 Å². The van der Waals surface area contributed by atoms with Gasteiger partial charge in [-0.05, 0) is 19.3 Å². The van der Waals surface area contributed by atoms with Gasteiger partial charge < -0.3 is 19.7 Å².